The van der Waals surface area contributed by atoms with Gasteiger partial charge in [0.25, 0.3) is 5.91 Å². The molecule has 0 bridgehead atoms. The first-order valence-corrected chi connectivity index (χ1v) is 8.23. The number of urea groups is 1. The van der Waals surface area contributed by atoms with Crippen molar-refractivity contribution < 1.29 is 27.2 Å². The summed E-state index contributed by atoms with van der Waals surface area (Å²) in [5.41, 5.74) is -1.63. The van der Waals surface area contributed by atoms with Gasteiger partial charge in [-0.25, -0.2) is 9.18 Å². The number of carbonyl (C=O) groups is 2. The molecule has 1 aliphatic rings. The molecule has 1 fully saturated rings. The van der Waals surface area contributed by atoms with E-state index in [4.69, 9.17) is 0 Å². The fourth-order valence-electron chi connectivity index (χ4n) is 3.17. The van der Waals surface area contributed by atoms with E-state index in [1.54, 1.807) is 6.92 Å². The van der Waals surface area contributed by atoms with Gasteiger partial charge in [0.1, 0.15) is 11.4 Å². The smallest absolute Gasteiger partial charge is 0.319 e. The topological polar surface area (TPSA) is 49.4 Å². The van der Waals surface area contributed by atoms with Crippen LogP contribution in [0.15, 0.2) is 48.5 Å². The lowest BCUT2D eigenvalue weighted by Crippen LogP contribution is -2.43. The van der Waals surface area contributed by atoms with Crippen molar-refractivity contribution in [3.63, 3.8) is 0 Å². The van der Waals surface area contributed by atoms with Crippen molar-refractivity contribution in [2.75, 3.05) is 0 Å². The predicted octanol–water partition coefficient (Wildman–Crippen LogP) is 4.20. The third-order valence-electron chi connectivity index (χ3n) is 4.64. The van der Waals surface area contributed by atoms with E-state index in [-0.39, 0.29) is 18.5 Å². The second kappa shape index (κ2) is 6.68. The summed E-state index contributed by atoms with van der Waals surface area (Å²) < 4.78 is 51.8. The Labute approximate surface area is 152 Å². The minimum Gasteiger partial charge on any atom is -0.319 e. The molecule has 0 spiro atoms. The van der Waals surface area contributed by atoms with E-state index in [1.807, 2.05) is 0 Å². The number of alkyl halides is 3. The molecule has 2 aromatic carbocycles. The minimum absolute atomic E-state index is 0.180. The largest absolute Gasteiger partial charge is 0.416 e. The second-order valence-electron chi connectivity index (χ2n) is 6.29. The van der Waals surface area contributed by atoms with Gasteiger partial charge in [-0.1, -0.05) is 31.2 Å². The summed E-state index contributed by atoms with van der Waals surface area (Å²) >= 11 is 0. The monoisotopic (exact) mass is 380 g/mol. The molecular formula is C19H16F4N2O2. The number of halogens is 4. The van der Waals surface area contributed by atoms with Crippen LogP contribution in [0.25, 0.3) is 0 Å². The first-order valence-electron chi connectivity index (χ1n) is 8.23. The Morgan fingerprint density at radius 3 is 2.33 bits per heavy atom. The van der Waals surface area contributed by atoms with Crippen molar-refractivity contribution in [1.29, 1.82) is 0 Å². The fourth-order valence-corrected chi connectivity index (χ4v) is 3.17. The van der Waals surface area contributed by atoms with E-state index in [9.17, 15) is 27.2 Å². The Morgan fingerprint density at radius 2 is 1.74 bits per heavy atom. The van der Waals surface area contributed by atoms with Crippen LogP contribution in [0.2, 0.25) is 0 Å². The maximum atomic E-state index is 13.2. The normalized spacial score (nSPS) is 20.1. The van der Waals surface area contributed by atoms with E-state index in [2.05, 4.69) is 5.32 Å². The maximum Gasteiger partial charge on any atom is 0.416 e. The van der Waals surface area contributed by atoms with Crippen LogP contribution in [0.3, 0.4) is 0 Å². The second-order valence-corrected chi connectivity index (χ2v) is 6.29. The van der Waals surface area contributed by atoms with Crippen LogP contribution in [0.5, 0.6) is 0 Å². The van der Waals surface area contributed by atoms with Gasteiger partial charge in [0, 0.05) is 0 Å². The molecule has 3 amide bonds. The minimum atomic E-state index is -4.52. The first kappa shape index (κ1) is 18.9. The van der Waals surface area contributed by atoms with E-state index < -0.39 is 35.0 Å². The van der Waals surface area contributed by atoms with Crippen LogP contribution in [-0.4, -0.2) is 16.8 Å². The van der Waals surface area contributed by atoms with Gasteiger partial charge in [0.05, 0.1) is 12.1 Å². The first-order chi connectivity index (χ1) is 12.7. The standard InChI is InChI=1S/C19H16F4N2O2/c1-2-18(13-6-8-15(20)9-7-13)16(26)25(17(27)24-18)11-12-4-3-5-14(10-12)19(21,22)23/h3-10H,2,11H2,1H3,(H,24,27). The van der Waals surface area contributed by atoms with Crippen molar-refractivity contribution in [1.82, 2.24) is 10.2 Å². The summed E-state index contributed by atoms with van der Waals surface area (Å²) in [6, 6.07) is 8.94. The zero-order valence-electron chi connectivity index (χ0n) is 14.3. The fraction of sp³-hybridized carbons (Fsp3) is 0.263. The highest BCUT2D eigenvalue weighted by Crippen LogP contribution is 2.34. The van der Waals surface area contributed by atoms with Crippen molar-refractivity contribution in [3.8, 4) is 0 Å². The molecule has 3 rings (SSSR count). The highest BCUT2D eigenvalue weighted by Gasteiger charge is 2.51. The summed E-state index contributed by atoms with van der Waals surface area (Å²) in [5.74, 6) is -1.07. The predicted molar refractivity (Wildman–Crippen MR) is 88.9 cm³/mol. The van der Waals surface area contributed by atoms with Crippen LogP contribution < -0.4 is 5.32 Å². The zero-order chi connectivity index (χ0) is 19.8. The molecule has 1 heterocycles. The number of imide groups is 1. The Balaban J connectivity index is 1.91. The highest BCUT2D eigenvalue weighted by atomic mass is 19.4. The zero-order valence-corrected chi connectivity index (χ0v) is 14.3. The molecular weight excluding hydrogens is 364 g/mol. The van der Waals surface area contributed by atoms with Crippen molar-refractivity contribution in [2.24, 2.45) is 0 Å². The Morgan fingerprint density at radius 1 is 1.07 bits per heavy atom. The number of amides is 3. The van der Waals surface area contributed by atoms with Gasteiger partial charge in [0.2, 0.25) is 0 Å². The summed E-state index contributed by atoms with van der Waals surface area (Å²) in [6.45, 7) is 1.40. The van der Waals surface area contributed by atoms with Crippen LogP contribution >= 0.6 is 0 Å². The Kier molecular flexibility index (Phi) is 4.67. The van der Waals surface area contributed by atoms with Gasteiger partial charge in [-0.2, -0.15) is 13.2 Å². The Bertz CT molecular complexity index is 880. The van der Waals surface area contributed by atoms with Crippen molar-refractivity contribution >= 4 is 11.9 Å². The van der Waals surface area contributed by atoms with Crippen LogP contribution in [-0.2, 0) is 23.1 Å². The molecule has 0 radical (unpaired) electrons. The van der Waals surface area contributed by atoms with Crippen LogP contribution in [0.1, 0.15) is 30.0 Å². The van der Waals surface area contributed by atoms with Crippen molar-refractivity contribution in [2.45, 2.75) is 31.6 Å². The summed E-state index contributed by atoms with van der Waals surface area (Å²) in [4.78, 5) is 26.2. The molecule has 0 aliphatic carbocycles. The van der Waals surface area contributed by atoms with Gasteiger partial charge < -0.3 is 5.32 Å². The molecule has 0 aromatic heterocycles. The molecule has 8 heteroatoms. The molecule has 0 saturated carbocycles. The highest BCUT2D eigenvalue weighted by molar-refractivity contribution is 6.07. The number of hydrogen-bond donors (Lipinski definition) is 1. The number of benzene rings is 2. The molecule has 1 unspecified atom stereocenters. The molecule has 1 aliphatic heterocycles. The Hall–Kier alpha value is -2.90. The third-order valence-corrected chi connectivity index (χ3v) is 4.64. The molecule has 4 nitrogen and oxygen atoms in total. The molecule has 2 aromatic rings. The quantitative estimate of drug-likeness (QED) is 0.638. The number of rotatable bonds is 4. The van der Waals surface area contributed by atoms with E-state index in [1.165, 1.54) is 36.4 Å². The van der Waals surface area contributed by atoms with Gasteiger partial charge in [-0.3, -0.25) is 9.69 Å². The maximum absolute atomic E-state index is 13.2. The van der Waals surface area contributed by atoms with E-state index in [0.29, 0.717) is 5.56 Å². The summed E-state index contributed by atoms with van der Waals surface area (Å²) in [5, 5.41) is 2.61. The summed E-state index contributed by atoms with van der Waals surface area (Å²) in [7, 11) is 0. The summed E-state index contributed by atoms with van der Waals surface area (Å²) in [6.07, 6.45) is -4.31. The SMILES string of the molecule is CCC1(c2ccc(F)cc2)NC(=O)N(Cc2cccc(C(F)(F)F)c2)C1=O. The lowest BCUT2D eigenvalue weighted by Gasteiger charge is -2.25. The number of nitrogens with one attached hydrogen (secondary N) is 1. The van der Waals surface area contributed by atoms with Gasteiger partial charge in [-0.15, -0.1) is 0 Å². The molecule has 1 atom stereocenters. The third kappa shape index (κ3) is 3.39. The average Bonchev–Trinajstić information content (AvgIpc) is 2.87. The lowest BCUT2D eigenvalue weighted by atomic mass is 9.87. The molecule has 27 heavy (non-hydrogen) atoms. The lowest BCUT2D eigenvalue weighted by molar-refractivity contribution is -0.137. The van der Waals surface area contributed by atoms with E-state index in [0.717, 1.165) is 17.0 Å². The average molecular weight is 380 g/mol. The number of carbonyl (C=O) groups excluding carboxylic acids is 2. The van der Waals surface area contributed by atoms with Gasteiger partial charge in [-0.05, 0) is 41.8 Å². The van der Waals surface area contributed by atoms with Crippen LogP contribution in [0.4, 0.5) is 22.4 Å². The molecule has 1 saturated heterocycles. The number of nitrogens with zero attached hydrogens (tertiary/aromatic N) is 1. The van der Waals surface area contributed by atoms with Crippen LogP contribution in [0, 0.1) is 5.82 Å². The van der Waals surface area contributed by atoms with E-state index >= 15 is 0 Å². The van der Waals surface area contributed by atoms with Crippen molar-refractivity contribution in [3.05, 3.63) is 71.0 Å². The molecule has 1 N–H and O–H groups in total. The van der Waals surface area contributed by atoms with Gasteiger partial charge >= 0.3 is 12.2 Å². The number of hydrogen-bond acceptors (Lipinski definition) is 2. The van der Waals surface area contributed by atoms with Gasteiger partial charge in [0.15, 0.2) is 0 Å². The molecule has 142 valence electrons.